The van der Waals surface area contributed by atoms with Crippen molar-refractivity contribution < 1.29 is 14.1 Å². The first-order valence-corrected chi connectivity index (χ1v) is 9.91. The van der Waals surface area contributed by atoms with Crippen LogP contribution in [-0.4, -0.2) is 32.1 Å². The van der Waals surface area contributed by atoms with E-state index in [4.69, 9.17) is 4.42 Å². The molecule has 31 heavy (non-hydrogen) atoms. The molecule has 0 spiro atoms. The standard InChI is InChI=1S/C21H15N5O4S/c27-20-19(11-15-5-7-17(8-6-15)26(28)29)31-21(25(20)14-18-4-2-10-30-18)24-23-13-16-3-1-9-22-12-16/h1-13H,14H2/b19-11-,23-13+,24-21-. The topological polar surface area (TPSA) is 114 Å². The smallest absolute Gasteiger partial charge is 0.269 e. The fourth-order valence-corrected chi connectivity index (χ4v) is 3.66. The lowest BCUT2D eigenvalue weighted by Gasteiger charge is -2.12. The Morgan fingerprint density at radius 3 is 2.68 bits per heavy atom. The number of furan rings is 1. The first-order chi connectivity index (χ1) is 15.1. The lowest BCUT2D eigenvalue weighted by molar-refractivity contribution is -0.384. The zero-order valence-corrected chi connectivity index (χ0v) is 16.8. The van der Waals surface area contributed by atoms with Crippen molar-refractivity contribution in [2.45, 2.75) is 6.54 Å². The Bertz CT molecular complexity index is 1170. The number of carbonyl (C=O) groups excluding carboxylic acids is 1. The molecule has 154 valence electrons. The lowest BCUT2D eigenvalue weighted by atomic mass is 10.2. The Labute approximate surface area is 181 Å². The van der Waals surface area contributed by atoms with Crippen LogP contribution in [0.2, 0.25) is 0 Å². The summed E-state index contributed by atoms with van der Waals surface area (Å²) in [7, 11) is 0. The van der Waals surface area contributed by atoms with Crippen LogP contribution in [0.4, 0.5) is 5.69 Å². The van der Waals surface area contributed by atoms with Gasteiger partial charge in [-0.1, -0.05) is 6.07 Å². The maximum atomic E-state index is 13.0. The number of hydrogen-bond acceptors (Lipinski definition) is 8. The predicted molar refractivity (Wildman–Crippen MR) is 117 cm³/mol. The van der Waals surface area contributed by atoms with Crippen molar-refractivity contribution in [3.63, 3.8) is 0 Å². The van der Waals surface area contributed by atoms with E-state index in [1.165, 1.54) is 35.1 Å². The number of nitrogens with zero attached hydrogens (tertiary/aromatic N) is 5. The number of nitro benzene ring substituents is 1. The molecule has 0 radical (unpaired) electrons. The number of pyridine rings is 1. The van der Waals surface area contributed by atoms with E-state index in [0.29, 0.717) is 21.4 Å². The molecule has 1 aliphatic rings. The average molecular weight is 433 g/mol. The summed E-state index contributed by atoms with van der Waals surface area (Å²) in [6, 6.07) is 13.1. The molecule has 0 aliphatic carbocycles. The molecule has 2 aromatic heterocycles. The summed E-state index contributed by atoms with van der Waals surface area (Å²) in [6.45, 7) is 0.206. The van der Waals surface area contributed by atoms with Crippen LogP contribution >= 0.6 is 11.8 Å². The van der Waals surface area contributed by atoms with Gasteiger partial charge >= 0.3 is 0 Å². The zero-order valence-electron chi connectivity index (χ0n) is 16.0. The molecule has 9 nitrogen and oxygen atoms in total. The second kappa shape index (κ2) is 9.18. The van der Waals surface area contributed by atoms with E-state index in [-0.39, 0.29) is 18.1 Å². The fourth-order valence-electron chi connectivity index (χ4n) is 2.72. The minimum atomic E-state index is -0.470. The number of amides is 1. The summed E-state index contributed by atoms with van der Waals surface area (Å²) >= 11 is 1.17. The number of amidine groups is 1. The molecule has 4 rings (SSSR count). The number of non-ortho nitro benzene ring substituents is 1. The van der Waals surface area contributed by atoms with Gasteiger partial charge in [0.15, 0.2) is 5.17 Å². The quantitative estimate of drug-likeness (QED) is 0.250. The van der Waals surface area contributed by atoms with E-state index in [2.05, 4.69) is 15.2 Å². The Balaban J connectivity index is 1.60. The van der Waals surface area contributed by atoms with Crippen LogP contribution in [0.3, 0.4) is 0 Å². The second-order valence-corrected chi connectivity index (χ2v) is 7.35. The normalized spacial score (nSPS) is 16.6. The molecule has 1 aliphatic heterocycles. The summed E-state index contributed by atoms with van der Waals surface area (Å²) in [4.78, 5) is 29.3. The van der Waals surface area contributed by atoms with Gasteiger partial charge in [-0.3, -0.25) is 24.8 Å². The third-order valence-electron chi connectivity index (χ3n) is 4.22. The molecule has 1 aromatic carbocycles. The summed E-state index contributed by atoms with van der Waals surface area (Å²) in [5, 5.41) is 19.5. The molecule has 3 aromatic rings. The molecule has 1 amide bonds. The first kappa shape index (κ1) is 20.2. The number of benzene rings is 1. The third-order valence-corrected chi connectivity index (χ3v) is 5.22. The number of rotatable bonds is 6. The molecule has 1 fully saturated rings. The Morgan fingerprint density at radius 1 is 1.16 bits per heavy atom. The largest absolute Gasteiger partial charge is 0.467 e. The van der Waals surface area contributed by atoms with Gasteiger partial charge in [-0.05, 0) is 53.7 Å². The Hall–Kier alpha value is -4.05. The number of hydrogen-bond donors (Lipinski definition) is 0. The highest BCUT2D eigenvalue weighted by Crippen LogP contribution is 2.34. The van der Waals surface area contributed by atoms with Gasteiger partial charge in [-0.2, -0.15) is 5.10 Å². The van der Waals surface area contributed by atoms with Gasteiger partial charge < -0.3 is 4.42 Å². The summed E-state index contributed by atoms with van der Waals surface area (Å²) in [5.41, 5.74) is 1.43. The van der Waals surface area contributed by atoms with Gasteiger partial charge in [-0.15, -0.1) is 5.10 Å². The maximum Gasteiger partial charge on any atom is 0.269 e. The first-order valence-electron chi connectivity index (χ1n) is 9.09. The lowest BCUT2D eigenvalue weighted by Crippen LogP contribution is -2.28. The minimum Gasteiger partial charge on any atom is -0.467 e. The monoisotopic (exact) mass is 433 g/mol. The van der Waals surface area contributed by atoms with E-state index in [0.717, 1.165) is 5.56 Å². The molecular formula is C21H15N5O4S. The number of aromatic nitrogens is 1. The maximum absolute atomic E-state index is 13.0. The second-order valence-electron chi connectivity index (χ2n) is 6.34. The van der Waals surface area contributed by atoms with Crippen LogP contribution in [0.15, 0.2) is 86.7 Å². The van der Waals surface area contributed by atoms with Crippen LogP contribution < -0.4 is 0 Å². The van der Waals surface area contributed by atoms with E-state index >= 15 is 0 Å². The Kier molecular flexibility index (Phi) is 5.99. The van der Waals surface area contributed by atoms with Crippen molar-refractivity contribution in [3.8, 4) is 0 Å². The van der Waals surface area contributed by atoms with Gasteiger partial charge in [0.25, 0.3) is 11.6 Å². The van der Waals surface area contributed by atoms with Crippen LogP contribution in [-0.2, 0) is 11.3 Å². The van der Waals surface area contributed by atoms with E-state index in [1.807, 2.05) is 6.07 Å². The molecule has 10 heteroatoms. The molecule has 1 saturated heterocycles. The number of carbonyl (C=O) groups is 1. The molecule has 0 N–H and O–H groups in total. The van der Waals surface area contributed by atoms with Crippen LogP contribution in [0, 0.1) is 10.1 Å². The zero-order chi connectivity index (χ0) is 21.6. The van der Waals surface area contributed by atoms with Gasteiger partial charge in [0.05, 0.1) is 28.9 Å². The van der Waals surface area contributed by atoms with Crippen molar-refractivity contribution >= 4 is 40.8 Å². The third kappa shape index (κ3) is 4.93. The van der Waals surface area contributed by atoms with Crippen LogP contribution in [0.5, 0.6) is 0 Å². The summed E-state index contributed by atoms with van der Waals surface area (Å²) in [6.07, 6.45) is 8.06. The van der Waals surface area contributed by atoms with Crippen LogP contribution in [0.1, 0.15) is 16.9 Å². The molecule has 0 atom stereocenters. The highest BCUT2D eigenvalue weighted by atomic mass is 32.2. The number of nitro groups is 1. The van der Waals surface area contributed by atoms with Crippen molar-refractivity contribution in [1.82, 2.24) is 9.88 Å². The molecular weight excluding hydrogens is 418 g/mol. The van der Waals surface area contributed by atoms with Crippen molar-refractivity contribution in [3.05, 3.63) is 99.1 Å². The van der Waals surface area contributed by atoms with Crippen molar-refractivity contribution in [1.29, 1.82) is 0 Å². The van der Waals surface area contributed by atoms with E-state index in [1.54, 1.807) is 55.0 Å². The van der Waals surface area contributed by atoms with E-state index < -0.39 is 4.92 Å². The van der Waals surface area contributed by atoms with Crippen molar-refractivity contribution in [2.75, 3.05) is 0 Å². The minimum absolute atomic E-state index is 0.0148. The van der Waals surface area contributed by atoms with E-state index in [9.17, 15) is 14.9 Å². The summed E-state index contributed by atoms with van der Waals surface area (Å²) in [5.74, 6) is 0.351. The number of thioether (sulfide) groups is 1. The van der Waals surface area contributed by atoms with Crippen molar-refractivity contribution in [2.24, 2.45) is 10.2 Å². The SMILES string of the molecule is O=C1/C(=C/c2ccc([N+](=O)[O-])cc2)S/C(=N\N=C\c2cccnc2)N1Cc1ccco1. The molecule has 0 saturated carbocycles. The van der Waals surface area contributed by atoms with Gasteiger partial charge in [0, 0.05) is 30.1 Å². The highest BCUT2D eigenvalue weighted by Gasteiger charge is 2.34. The highest BCUT2D eigenvalue weighted by molar-refractivity contribution is 8.18. The predicted octanol–water partition coefficient (Wildman–Crippen LogP) is 4.09. The van der Waals surface area contributed by atoms with Gasteiger partial charge in [0.2, 0.25) is 0 Å². The van der Waals surface area contributed by atoms with Gasteiger partial charge in [-0.25, -0.2) is 0 Å². The average Bonchev–Trinajstić information content (AvgIpc) is 3.39. The molecule has 0 unspecified atom stereocenters. The summed E-state index contributed by atoms with van der Waals surface area (Å²) < 4.78 is 5.37. The van der Waals surface area contributed by atoms with Crippen LogP contribution in [0.25, 0.3) is 6.08 Å². The fraction of sp³-hybridized carbons (Fsp3) is 0.0476. The molecule has 0 bridgehead atoms. The van der Waals surface area contributed by atoms with Gasteiger partial charge in [0.1, 0.15) is 5.76 Å². The Morgan fingerprint density at radius 2 is 2.00 bits per heavy atom. The molecule has 3 heterocycles.